The highest BCUT2D eigenvalue weighted by Gasteiger charge is 2.25. The molecule has 0 aliphatic heterocycles. The maximum atomic E-state index is 12.4. The SMILES string of the molecule is CC(C)[C@H](NC(=O)COc1ccc(Cl)cc1Cl)c1nc(-c2ccccc2)no1. The molecular formula is C20H19Cl2N3O3. The van der Waals surface area contributed by atoms with Crippen LogP contribution in [0.2, 0.25) is 10.0 Å². The van der Waals surface area contributed by atoms with Gasteiger partial charge in [0.25, 0.3) is 5.91 Å². The Morgan fingerprint density at radius 2 is 1.93 bits per heavy atom. The number of ether oxygens (including phenoxy) is 1. The zero-order valence-electron chi connectivity index (χ0n) is 15.4. The van der Waals surface area contributed by atoms with Gasteiger partial charge in [0.1, 0.15) is 11.8 Å². The fraction of sp³-hybridized carbons (Fsp3) is 0.250. The molecule has 0 spiro atoms. The van der Waals surface area contributed by atoms with E-state index in [0.717, 1.165) is 5.56 Å². The second-order valence-electron chi connectivity index (χ2n) is 6.47. The molecule has 0 saturated carbocycles. The molecule has 1 amide bonds. The molecule has 6 nitrogen and oxygen atoms in total. The second kappa shape index (κ2) is 9.08. The van der Waals surface area contributed by atoms with Gasteiger partial charge in [0.05, 0.1) is 5.02 Å². The van der Waals surface area contributed by atoms with Gasteiger partial charge in [-0.2, -0.15) is 4.98 Å². The van der Waals surface area contributed by atoms with Crippen LogP contribution in [0.1, 0.15) is 25.8 Å². The number of carbonyl (C=O) groups excluding carboxylic acids is 1. The van der Waals surface area contributed by atoms with E-state index in [0.29, 0.717) is 27.5 Å². The predicted octanol–water partition coefficient (Wildman–Crippen LogP) is 4.94. The molecule has 1 heterocycles. The number of nitrogens with zero attached hydrogens (tertiary/aromatic N) is 2. The van der Waals surface area contributed by atoms with Crippen LogP contribution in [0.15, 0.2) is 53.1 Å². The van der Waals surface area contributed by atoms with Gasteiger partial charge < -0.3 is 14.6 Å². The number of halogens is 2. The third-order valence-electron chi connectivity index (χ3n) is 3.98. The molecule has 28 heavy (non-hydrogen) atoms. The summed E-state index contributed by atoms with van der Waals surface area (Å²) in [4.78, 5) is 16.8. The highest BCUT2D eigenvalue weighted by Crippen LogP contribution is 2.28. The topological polar surface area (TPSA) is 77.2 Å². The minimum Gasteiger partial charge on any atom is -0.482 e. The average molecular weight is 420 g/mol. The Kier molecular flexibility index (Phi) is 6.54. The zero-order valence-corrected chi connectivity index (χ0v) is 16.9. The molecule has 0 fully saturated rings. The van der Waals surface area contributed by atoms with Gasteiger partial charge in [-0.25, -0.2) is 0 Å². The van der Waals surface area contributed by atoms with E-state index < -0.39 is 6.04 Å². The van der Waals surface area contributed by atoms with Gasteiger partial charge in [-0.1, -0.05) is 72.5 Å². The molecule has 0 unspecified atom stereocenters. The molecule has 2 aromatic carbocycles. The molecule has 0 radical (unpaired) electrons. The lowest BCUT2D eigenvalue weighted by atomic mass is 10.0. The van der Waals surface area contributed by atoms with Gasteiger partial charge in [0.2, 0.25) is 11.7 Å². The van der Waals surface area contributed by atoms with E-state index in [1.807, 2.05) is 44.2 Å². The molecule has 0 aliphatic rings. The molecule has 3 rings (SSSR count). The van der Waals surface area contributed by atoms with Crippen LogP contribution in [0.3, 0.4) is 0 Å². The number of nitrogens with one attached hydrogen (secondary N) is 1. The van der Waals surface area contributed by atoms with Crippen LogP contribution in [0.5, 0.6) is 5.75 Å². The highest BCUT2D eigenvalue weighted by atomic mass is 35.5. The first-order valence-electron chi connectivity index (χ1n) is 8.70. The van der Waals surface area contributed by atoms with Crippen molar-refractivity contribution in [1.82, 2.24) is 15.5 Å². The van der Waals surface area contributed by atoms with Crippen LogP contribution in [0.25, 0.3) is 11.4 Å². The fourth-order valence-corrected chi connectivity index (χ4v) is 2.99. The summed E-state index contributed by atoms with van der Waals surface area (Å²) < 4.78 is 10.9. The van der Waals surface area contributed by atoms with Crippen molar-refractivity contribution in [3.8, 4) is 17.1 Å². The largest absolute Gasteiger partial charge is 0.482 e. The molecular weight excluding hydrogens is 401 g/mol. The maximum absolute atomic E-state index is 12.4. The van der Waals surface area contributed by atoms with Crippen LogP contribution in [-0.2, 0) is 4.79 Å². The minimum absolute atomic E-state index is 0.0344. The maximum Gasteiger partial charge on any atom is 0.258 e. The molecule has 1 N–H and O–H groups in total. The molecule has 0 bridgehead atoms. The van der Waals surface area contributed by atoms with Gasteiger partial charge in [-0.3, -0.25) is 4.79 Å². The van der Waals surface area contributed by atoms with Crippen molar-refractivity contribution in [3.05, 3.63) is 64.5 Å². The van der Waals surface area contributed by atoms with E-state index >= 15 is 0 Å². The Hall–Kier alpha value is -2.57. The molecule has 8 heteroatoms. The number of hydrogen-bond acceptors (Lipinski definition) is 5. The van der Waals surface area contributed by atoms with E-state index in [-0.39, 0.29) is 18.4 Å². The third kappa shape index (κ3) is 5.03. The molecule has 0 saturated heterocycles. The van der Waals surface area contributed by atoms with Crippen molar-refractivity contribution in [2.45, 2.75) is 19.9 Å². The standard InChI is InChI=1S/C20H19Cl2N3O3/c1-12(2)18(20-24-19(25-28-20)13-6-4-3-5-7-13)23-17(26)11-27-16-9-8-14(21)10-15(16)22/h3-10,12,18H,11H2,1-2H3,(H,23,26)/t18-/m0/s1. The van der Waals surface area contributed by atoms with Crippen molar-refractivity contribution < 1.29 is 14.1 Å². The molecule has 146 valence electrons. The Balaban J connectivity index is 1.66. The lowest BCUT2D eigenvalue weighted by molar-refractivity contribution is -0.124. The summed E-state index contributed by atoms with van der Waals surface area (Å²) in [6, 6.07) is 13.8. The van der Waals surface area contributed by atoms with Gasteiger partial charge in [-0.05, 0) is 24.1 Å². The number of carbonyl (C=O) groups is 1. The zero-order chi connectivity index (χ0) is 20.1. The van der Waals surface area contributed by atoms with Gasteiger partial charge in [0, 0.05) is 10.6 Å². The Morgan fingerprint density at radius 1 is 1.18 bits per heavy atom. The van der Waals surface area contributed by atoms with Crippen molar-refractivity contribution in [2.24, 2.45) is 5.92 Å². The summed E-state index contributed by atoms with van der Waals surface area (Å²) in [6.07, 6.45) is 0. The highest BCUT2D eigenvalue weighted by molar-refractivity contribution is 6.35. The van der Waals surface area contributed by atoms with Crippen LogP contribution >= 0.6 is 23.2 Å². The number of benzene rings is 2. The van der Waals surface area contributed by atoms with Crippen LogP contribution < -0.4 is 10.1 Å². The summed E-state index contributed by atoms with van der Waals surface area (Å²) in [5, 5.41) is 7.71. The van der Waals surface area contributed by atoms with E-state index in [1.165, 1.54) is 0 Å². The van der Waals surface area contributed by atoms with Crippen LogP contribution in [0, 0.1) is 5.92 Å². The Labute approximate surface area is 172 Å². The smallest absolute Gasteiger partial charge is 0.258 e. The first-order valence-corrected chi connectivity index (χ1v) is 9.46. The quantitative estimate of drug-likeness (QED) is 0.586. The van der Waals surface area contributed by atoms with Gasteiger partial charge in [0.15, 0.2) is 6.61 Å². The normalized spacial score (nSPS) is 12.0. The number of amides is 1. The lowest BCUT2D eigenvalue weighted by Crippen LogP contribution is -2.35. The third-order valence-corrected chi connectivity index (χ3v) is 4.51. The molecule has 3 aromatic rings. The summed E-state index contributed by atoms with van der Waals surface area (Å²) in [5.41, 5.74) is 0.840. The number of rotatable bonds is 7. The van der Waals surface area contributed by atoms with Gasteiger partial charge in [-0.15, -0.1) is 0 Å². The molecule has 0 aliphatic carbocycles. The average Bonchev–Trinajstić information content (AvgIpc) is 3.15. The van der Waals surface area contributed by atoms with Crippen molar-refractivity contribution in [1.29, 1.82) is 0 Å². The van der Waals surface area contributed by atoms with Crippen molar-refractivity contribution in [3.63, 3.8) is 0 Å². The Morgan fingerprint density at radius 3 is 2.61 bits per heavy atom. The van der Waals surface area contributed by atoms with E-state index in [9.17, 15) is 4.79 Å². The first-order chi connectivity index (χ1) is 13.4. The second-order valence-corrected chi connectivity index (χ2v) is 7.32. The van der Waals surface area contributed by atoms with Crippen LogP contribution in [0.4, 0.5) is 0 Å². The molecule has 1 atom stereocenters. The molecule has 1 aromatic heterocycles. The number of hydrogen-bond donors (Lipinski definition) is 1. The van der Waals surface area contributed by atoms with E-state index in [4.69, 9.17) is 32.5 Å². The minimum atomic E-state index is -0.443. The lowest BCUT2D eigenvalue weighted by Gasteiger charge is -2.18. The van der Waals surface area contributed by atoms with E-state index in [2.05, 4.69) is 15.5 Å². The summed E-state index contributed by atoms with van der Waals surface area (Å²) >= 11 is 11.9. The summed E-state index contributed by atoms with van der Waals surface area (Å²) in [5.74, 6) is 0.897. The number of aromatic nitrogens is 2. The Bertz CT molecular complexity index is 945. The van der Waals surface area contributed by atoms with Crippen LogP contribution in [-0.4, -0.2) is 22.7 Å². The fourth-order valence-electron chi connectivity index (χ4n) is 2.53. The van der Waals surface area contributed by atoms with Crippen molar-refractivity contribution in [2.75, 3.05) is 6.61 Å². The monoisotopic (exact) mass is 419 g/mol. The summed E-state index contributed by atoms with van der Waals surface area (Å²) in [7, 11) is 0. The van der Waals surface area contributed by atoms with E-state index in [1.54, 1.807) is 18.2 Å². The summed E-state index contributed by atoms with van der Waals surface area (Å²) in [6.45, 7) is 3.70. The van der Waals surface area contributed by atoms with Gasteiger partial charge >= 0.3 is 0 Å². The van der Waals surface area contributed by atoms with Crippen molar-refractivity contribution >= 4 is 29.1 Å². The first kappa shape index (κ1) is 20.2. The predicted molar refractivity (Wildman–Crippen MR) is 107 cm³/mol.